The number of fused-ring (bicyclic) bond motifs is 2. The third kappa shape index (κ3) is 3.42. The van der Waals surface area contributed by atoms with E-state index in [1.807, 2.05) is 18.2 Å². The molecular formula is C22H20N2O4. The van der Waals surface area contributed by atoms with Crippen LogP contribution in [0.4, 0.5) is 5.69 Å². The van der Waals surface area contributed by atoms with Gasteiger partial charge in [0.05, 0.1) is 12.1 Å². The van der Waals surface area contributed by atoms with Crippen LogP contribution in [0.3, 0.4) is 0 Å². The van der Waals surface area contributed by atoms with Crippen molar-refractivity contribution >= 4 is 33.3 Å². The Morgan fingerprint density at radius 2 is 1.89 bits per heavy atom. The Hall–Kier alpha value is -3.38. The molecular weight excluding hydrogens is 356 g/mol. The fraction of sp³-hybridized carbons (Fsp3) is 0.182. The van der Waals surface area contributed by atoms with Crippen LogP contribution in [0.15, 0.2) is 70.0 Å². The molecule has 2 aromatic heterocycles. The minimum absolute atomic E-state index is 0.178. The number of benzene rings is 2. The summed E-state index contributed by atoms with van der Waals surface area (Å²) in [5.74, 6) is -0.182. The predicted molar refractivity (Wildman–Crippen MR) is 109 cm³/mol. The number of amides is 1. The number of anilines is 1. The van der Waals surface area contributed by atoms with Gasteiger partial charge in [-0.3, -0.25) is 9.59 Å². The highest BCUT2D eigenvalue weighted by Crippen LogP contribution is 2.24. The Bertz CT molecular complexity index is 1210. The Morgan fingerprint density at radius 1 is 1.11 bits per heavy atom. The lowest BCUT2D eigenvalue weighted by atomic mass is 10.1. The fourth-order valence-electron chi connectivity index (χ4n) is 3.25. The van der Waals surface area contributed by atoms with Crippen molar-refractivity contribution in [1.29, 1.82) is 0 Å². The van der Waals surface area contributed by atoms with Crippen molar-refractivity contribution in [3.8, 4) is 0 Å². The summed E-state index contributed by atoms with van der Waals surface area (Å²) < 4.78 is 7.07. The summed E-state index contributed by atoms with van der Waals surface area (Å²) in [7, 11) is 0. The number of aliphatic hydroxyl groups is 1. The molecule has 0 bridgehead atoms. The van der Waals surface area contributed by atoms with Gasteiger partial charge >= 0.3 is 0 Å². The molecule has 2 N–H and O–H groups in total. The summed E-state index contributed by atoms with van der Waals surface area (Å²) in [6, 6.07) is 16.0. The SMILES string of the molecule is CC(C)(O)Cn1ccc2c(NC(=O)c3cc4ccccc4o3)cccc2c1=O. The number of para-hydroxylation sites is 1. The van der Waals surface area contributed by atoms with Gasteiger partial charge in [0, 0.05) is 28.0 Å². The van der Waals surface area contributed by atoms with Gasteiger partial charge in [-0.1, -0.05) is 24.3 Å². The fourth-order valence-corrected chi connectivity index (χ4v) is 3.25. The molecule has 0 aliphatic heterocycles. The molecule has 6 heteroatoms. The van der Waals surface area contributed by atoms with Gasteiger partial charge in [-0.25, -0.2) is 0 Å². The minimum Gasteiger partial charge on any atom is -0.451 e. The third-order valence-electron chi connectivity index (χ3n) is 4.47. The zero-order valence-corrected chi connectivity index (χ0v) is 15.6. The second kappa shape index (κ2) is 6.65. The van der Waals surface area contributed by atoms with Gasteiger partial charge in [-0.15, -0.1) is 0 Å². The molecule has 0 saturated heterocycles. The first-order chi connectivity index (χ1) is 13.3. The monoisotopic (exact) mass is 376 g/mol. The summed E-state index contributed by atoms with van der Waals surface area (Å²) in [5, 5.41) is 14.8. The van der Waals surface area contributed by atoms with Crippen molar-refractivity contribution < 1.29 is 14.3 Å². The van der Waals surface area contributed by atoms with Crippen molar-refractivity contribution in [2.75, 3.05) is 5.32 Å². The van der Waals surface area contributed by atoms with Gasteiger partial charge in [0.1, 0.15) is 5.58 Å². The molecule has 0 radical (unpaired) electrons. The molecule has 0 atom stereocenters. The lowest BCUT2D eigenvalue weighted by molar-refractivity contribution is 0.0606. The predicted octanol–water partition coefficient (Wildman–Crippen LogP) is 3.77. The van der Waals surface area contributed by atoms with E-state index in [4.69, 9.17) is 4.42 Å². The molecule has 0 spiro atoms. The van der Waals surface area contributed by atoms with Crippen molar-refractivity contribution in [3.05, 3.63) is 76.9 Å². The number of nitrogens with one attached hydrogen (secondary N) is 1. The highest BCUT2D eigenvalue weighted by Gasteiger charge is 2.17. The first-order valence-electron chi connectivity index (χ1n) is 8.96. The van der Waals surface area contributed by atoms with E-state index in [0.29, 0.717) is 22.0 Å². The van der Waals surface area contributed by atoms with Gasteiger partial charge in [-0.05, 0) is 44.2 Å². The van der Waals surface area contributed by atoms with E-state index in [1.165, 1.54) is 4.57 Å². The number of nitrogens with zero attached hydrogens (tertiary/aromatic N) is 1. The summed E-state index contributed by atoms with van der Waals surface area (Å²) >= 11 is 0. The first kappa shape index (κ1) is 18.0. The van der Waals surface area contributed by atoms with Crippen LogP contribution in [-0.2, 0) is 6.54 Å². The molecule has 4 aromatic rings. The lowest BCUT2D eigenvalue weighted by Gasteiger charge is -2.19. The molecule has 142 valence electrons. The normalized spacial score (nSPS) is 11.8. The van der Waals surface area contributed by atoms with Gasteiger partial charge < -0.3 is 19.4 Å². The van der Waals surface area contributed by atoms with Gasteiger partial charge in [0.15, 0.2) is 5.76 Å². The zero-order valence-electron chi connectivity index (χ0n) is 15.6. The second-order valence-corrected chi connectivity index (χ2v) is 7.43. The molecule has 0 saturated carbocycles. The second-order valence-electron chi connectivity index (χ2n) is 7.43. The van der Waals surface area contributed by atoms with Gasteiger partial charge in [0.25, 0.3) is 11.5 Å². The van der Waals surface area contributed by atoms with E-state index in [1.54, 1.807) is 56.4 Å². The zero-order chi connectivity index (χ0) is 19.9. The topological polar surface area (TPSA) is 84.5 Å². The first-order valence-corrected chi connectivity index (χ1v) is 8.96. The number of pyridine rings is 1. The number of hydrogen-bond donors (Lipinski definition) is 2. The van der Waals surface area contributed by atoms with Crippen molar-refractivity contribution in [2.45, 2.75) is 26.0 Å². The summed E-state index contributed by atoms with van der Waals surface area (Å²) in [5.41, 5.74) is -0.0695. The molecule has 0 unspecified atom stereocenters. The van der Waals surface area contributed by atoms with Gasteiger partial charge in [-0.2, -0.15) is 0 Å². The number of furan rings is 1. The van der Waals surface area contributed by atoms with Crippen LogP contribution in [0.25, 0.3) is 21.7 Å². The molecule has 2 aromatic carbocycles. The van der Waals surface area contributed by atoms with Crippen LogP contribution in [0.1, 0.15) is 24.4 Å². The van der Waals surface area contributed by atoms with E-state index in [2.05, 4.69) is 5.32 Å². The van der Waals surface area contributed by atoms with E-state index in [-0.39, 0.29) is 23.8 Å². The molecule has 2 heterocycles. The number of rotatable bonds is 4. The molecule has 0 fully saturated rings. The summed E-state index contributed by atoms with van der Waals surface area (Å²) in [4.78, 5) is 25.4. The number of carbonyl (C=O) groups excluding carboxylic acids is 1. The maximum Gasteiger partial charge on any atom is 0.291 e. The number of carbonyl (C=O) groups is 1. The average Bonchev–Trinajstić information content (AvgIpc) is 3.08. The van der Waals surface area contributed by atoms with E-state index < -0.39 is 5.60 Å². The summed E-state index contributed by atoms with van der Waals surface area (Å²) in [6.45, 7) is 3.47. The molecule has 6 nitrogen and oxygen atoms in total. The lowest BCUT2D eigenvalue weighted by Crippen LogP contribution is -2.32. The van der Waals surface area contributed by atoms with Crippen LogP contribution in [0, 0.1) is 0 Å². The summed E-state index contributed by atoms with van der Waals surface area (Å²) in [6.07, 6.45) is 1.62. The molecule has 4 rings (SSSR count). The molecule has 1 amide bonds. The number of aromatic nitrogens is 1. The van der Waals surface area contributed by atoms with Crippen LogP contribution in [0.2, 0.25) is 0 Å². The Kier molecular flexibility index (Phi) is 4.28. The van der Waals surface area contributed by atoms with Crippen LogP contribution < -0.4 is 10.9 Å². The molecule has 28 heavy (non-hydrogen) atoms. The molecule has 0 aliphatic carbocycles. The maximum atomic E-state index is 12.8. The van der Waals surface area contributed by atoms with Crippen LogP contribution in [-0.4, -0.2) is 21.2 Å². The smallest absolute Gasteiger partial charge is 0.291 e. The van der Waals surface area contributed by atoms with E-state index >= 15 is 0 Å². The standard InChI is InChI=1S/C22H20N2O4/c1-22(2,27)13-24-11-10-15-16(21(24)26)7-5-8-17(15)23-20(25)19-12-14-6-3-4-9-18(14)28-19/h3-12,27H,13H2,1-2H3,(H,23,25). The Morgan fingerprint density at radius 3 is 2.64 bits per heavy atom. The van der Waals surface area contributed by atoms with E-state index in [9.17, 15) is 14.7 Å². The Balaban J connectivity index is 1.69. The number of hydrogen-bond acceptors (Lipinski definition) is 4. The van der Waals surface area contributed by atoms with Gasteiger partial charge in [0.2, 0.25) is 0 Å². The largest absolute Gasteiger partial charge is 0.451 e. The average molecular weight is 376 g/mol. The van der Waals surface area contributed by atoms with Crippen LogP contribution >= 0.6 is 0 Å². The van der Waals surface area contributed by atoms with Crippen molar-refractivity contribution in [2.24, 2.45) is 0 Å². The molecule has 0 aliphatic rings. The Labute approximate surface area is 161 Å². The quantitative estimate of drug-likeness (QED) is 0.568. The van der Waals surface area contributed by atoms with Crippen molar-refractivity contribution in [3.63, 3.8) is 0 Å². The highest BCUT2D eigenvalue weighted by molar-refractivity contribution is 6.09. The third-order valence-corrected chi connectivity index (χ3v) is 4.47. The highest BCUT2D eigenvalue weighted by atomic mass is 16.3. The minimum atomic E-state index is -1.01. The maximum absolute atomic E-state index is 12.8. The van der Waals surface area contributed by atoms with E-state index in [0.717, 1.165) is 5.39 Å². The van der Waals surface area contributed by atoms with Crippen molar-refractivity contribution in [1.82, 2.24) is 4.57 Å². The van der Waals surface area contributed by atoms with Crippen LogP contribution in [0.5, 0.6) is 0 Å².